The molecule has 0 fully saturated rings. The fourth-order valence-corrected chi connectivity index (χ4v) is 1.65. The van der Waals surface area contributed by atoms with Crippen LogP contribution in [0.2, 0.25) is 0 Å². The molecule has 2 N–H and O–H groups in total. The van der Waals surface area contributed by atoms with Gasteiger partial charge in [-0.05, 0) is 30.9 Å². The molecule has 0 atom stereocenters. The molecule has 0 heterocycles. The number of aliphatic hydroxyl groups is 1. The summed E-state index contributed by atoms with van der Waals surface area (Å²) >= 11 is 0. The largest absolute Gasteiger partial charge is 0.394 e. The Bertz CT molecular complexity index is 350. The molecule has 0 aromatic heterocycles. The number of benzene rings is 1. The van der Waals surface area contributed by atoms with Crippen LogP contribution in [0, 0.1) is 0 Å². The molecule has 16 heavy (non-hydrogen) atoms. The van der Waals surface area contributed by atoms with Crippen molar-refractivity contribution < 1.29 is 5.11 Å². The first-order valence-electron chi connectivity index (χ1n) is 5.75. The number of para-hydroxylation sites is 1. The molecule has 2 heteroatoms. The Labute approximate surface area is 98.7 Å². The second kappa shape index (κ2) is 4.46. The van der Waals surface area contributed by atoms with Gasteiger partial charge in [-0.15, -0.1) is 0 Å². The van der Waals surface area contributed by atoms with Crippen LogP contribution < -0.4 is 5.32 Å². The van der Waals surface area contributed by atoms with Gasteiger partial charge in [0.1, 0.15) is 0 Å². The van der Waals surface area contributed by atoms with Crippen LogP contribution >= 0.6 is 0 Å². The van der Waals surface area contributed by atoms with Gasteiger partial charge >= 0.3 is 0 Å². The van der Waals surface area contributed by atoms with Crippen LogP contribution in [-0.2, 0) is 5.41 Å². The zero-order valence-corrected chi connectivity index (χ0v) is 11.0. The number of nitrogens with one attached hydrogen (secondary N) is 1. The maximum atomic E-state index is 9.29. The van der Waals surface area contributed by atoms with Gasteiger partial charge in [-0.1, -0.05) is 39.0 Å². The van der Waals surface area contributed by atoms with Crippen molar-refractivity contribution >= 4 is 5.69 Å². The highest BCUT2D eigenvalue weighted by molar-refractivity contribution is 5.55. The van der Waals surface area contributed by atoms with E-state index < -0.39 is 0 Å². The van der Waals surface area contributed by atoms with Crippen molar-refractivity contribution in [1.29, 1.82) is 0 Å². The van der Waals surface area contributed by atoms with E-state index in [2.05, 4.69) is 44.3 Å². The van der Waals surface area contributed by atoms with Crippen LogP contribution in [0.1, 0.15) is 40.2 Å². The molecule has 90 valence electrons. The second-order valence-electron chi connectivity index (χ2n) is 5.96. The summed E-state index contributed by atoms with van der Waals surface area (Å²) in [6.45, 7) is 10.7. The normalized spacial score (nSPS) is 12.6. The summed E-state index contributed by atoms with van der Waals surface area (Å²) in [7, 11) is 0. The summed E-state index contributed by atoms with van der Waals surface area (Å²) < 4.78 is 0. The lowest BCUT2D eigenvalue weighted by atomic mass is 9.85. The fraction of sp³-hybridized carbons (Fsp3) is 0.571. The Morgan fingerprint density at radius 2 is 1.62 bits per heavy atom. The molecule has 2 nitrogen and oxygen atoms in total. The molecule has 0 bridgehead atoms. The number of aliphatic hydroxyl groups excluding tert-OH is 1. The molecule has 1 rings (SSSR count). The summed E-state index contributed by atoms with van der Waals surface area (Å²) in [5.41, 5.74) is 2.20. The fourth-order valence-electron chi connectivity index (χ4n) is 1.65. The Morgan fingerprint density at radius 3 is 2.12 bits per heavy atom. The minimum Gasteiger partial charge on any atom is -0.394 e. The highest BCUT2D eigenvalue weighted by Gasteiger charge is 2.22. The zero-order valence-electron chi connectivity index (χ0n) is 11.0. The predicted molar refractivity (Wildman–Crippen MR) is 69.9 cm³/mol. The number of hydrogen-bond donors (Lipinski definition) is 2. The van der Waals surface area contributed by atoms with E-state index in [0.717, 1.165) is 5.69 Å². The van der Waals surface area contributed by atoms with Crippen LogP contribution in [-0.4, -0.2) is 17.3 Å². The summed E-state index contributed by atoms with van der Waals surface area (Å²) in [5.74, 6) is 0. The van der Waals surface area contributed by atoms with Gasteiger partial charge in [0.2, 0.25) is 0 Å². The van der Waals surface area contributed by atoms with Crippen LogP contribution in [0.4, 0.5) is 5.69 Å². The first-order chi connectivity index (χ1) is 7.26. The Balaban J connectivity index is 3.06. The lowest BCUT2D eigenvalue weighted by Gasteiger charge is -2.30. The molecule has 0 aliphatic rings. The van der Waals surface area contributed by atoms with Crippen molar-refractivity contribution in [3.63, 3.8) is 0 Å². The minimum atomic E-state index is -0.290. The third kappa shape index (κ3) is 3.24. The number of rotatable bonds is 3. The molecule has 0 radical (unpaired) electrons. The van der Waals surface area contributed by atoms with Crippen LogP contribution in [0.5, 0.6) is 0 Å². The van der Waals surface area contributed by atoms with E-state index in [-0.39, 0.29) is 17.6 Å². The van der Waals surface area contributed by atoms with Crippen molar-refractivity contribution in [1.82, 2.24) is 0 Å². The highest BCUT2D eigenvalue weighted by Crippen LogP contribution is 2.30. The lowest BCUT2D eigenvalue weighted by molar-refractivity contribution is 0.234. The third-order valence-electron chi connectivity index (χ3n) is 2.60. The van der Waals surface area contributed by atoms with Gasteiger partial charge in [-0.2, -0.15) is 0 Å². The van der Waals surface area contributed by atoms with Gasteiger partial charge in [-0.3, -0.25) is 0 Å². The summed E-state index contributed by atoms with van der Waals surface area (Å²) in [4.78, 5) is 0. The molecular formula is C14H23NO. The number of anilines is 1. The van der Waals surface area contributed by atoms with Crippen molar-refractivity contribution in [3.05, 3.63) is 29.8 Å². The first kappa shape index (κ1) is 13.0. The Morgan fingerprint density at radius 1 is 1.06 bits per heavy atom. The van der Waals surface area contributed by atoms with Crippen LogP contribution in [0.3, 0.4) is 0 Å². The SMILES string of the molecule is CC(C)(CO)Nc1ccccc1C(C)(C)C. The topological polar surface area (TPSA) is 32.3 Å². The Kier molecular flexibility index (Phi) is 3.64. The molecule has 0 saturated carbocycles. The molecule has 0 aliphatic heterocycles. The van der Waals surface area contributed by atoms with Gasteiger partial charge in [0.25, 0.3) is 0 Å². The lowest BCUT2D eigenvalue weighted by Crippen LogP contribution is -2.36. The standard InChI is InChI=1S/C14H23NO/c1-13(2,3)11-8-6-7-9-12(11)15-14(4,5)10-16/h6-9,15-16H,10H2,1-5H3. The van der Waals surface area contributed by atoms with Crippen LogP contribution in [0.15, 0.2) is 24.3 Å². The molecule has 0 spiro atoms. The molecule has 0 amide bonds. The van der Waals surface area contributed by atoms with E-state index in [9.17, 15) is 5.11 Å². The van der Waals surface area contributed by atoms with Gasteiger partial charge in [0.15, 0.2) is 0 Å². The monoisotopic (exact) mass is 221 g/mol. The average molecular weight is 221 g/mol. The number of hydrogen-bond acceptors (Lipinski definition) is 2. The van der Waals surface area contributed by atoms with Crippen molar-refractivity contribution in [2.75, 3.05) is 11.9 Å². The third-order valence-corrected chi connectivity index (χ3v) is 2.60. The first-order valence-corrected chi connectivity index (χ1v) is 5.75. The maximum Gasteiger partial charge on any atom is 0.0656 e. The Hall–Kier alpha value is -1.02. The van der Waals surface area contributed by atoms with E-state index in [0.29, 0.717) is 0 Å². The van der Waals surface area contributed by atoms with Gasteiger partial charge < -0.3 is 10.4 Å². The average Bonchev–Trinajstić information content (AvgIpc) is 2.16. The maximum absolute atomic E-state index is 9.29. The van der Waals surface area contributed by atoms with E-state index in [1.165, 1.54) is 5.56 Å². The summed E-state index contributed by atoms with van der Waals surface area (Å²) in [6.07, 6.45) is 0. The highest BCUT2D eigenvalue weighted by atomic mass is 16.3. The molecule has 0 aliphatic carbocycles. The van der Waals surface area contributed by atoms with Gasteiger partial charge in [-0.25, -0.2) is 0 Å². The minimum absolute atomic E-state index is 0.106. The smallest absolute Gasteiger partial charge is 0.0656 e. The molecule has 0 saturated heterocycles. The van der Waals surface area contributed by atoms with E-state index in [1.54, 1.807) is 0 Å². The van der Waals surface area contributed by atoms with Crippen molar-refractivity contribution in [2.45, 2.75) is 45.6 Å². The predicted octanol–water partition coefficient (Wildman–Crippen LogP) is 3.17. The van der Waals surface area contributed by atoms with Crippen molar-refractivity contribution in [3.8, 4) is 0 Å². The molecular weight excluding hydrogens is 198 g/mol. The molecule has 0 unspecified atom stereocenters. The van der Waals surface area contributed by atoms with Crippen LogP contribution in [0.25, 0.3) is 0 Å². The summed E-state index contributed by atoms with van der Waals surface area (Å²) in [6, 6.07) is 8.27. The van der Waals surface area contributed by atoms with E-state index in [1.807, 2.05) is 19.9 Å². The van der Waals surface area contributed by atoms with Crippen molar-refractivity contribution in [2.24, 2.45) is 0 Å². The molecule has 1 aromatic carbocycles. The van der Waals surface area contributed by atoms with E-state index in [4.69, 9.17) is 0 Å². The van der Waals surface area contributed by atoms with Gasteiger partial charge in [0, 0.05) is 5.69 Å². The second-order valence-corrected chi connectivity index (χ2v) is 5.96. The molecule has 1 aromatic rings. The summed E-state index contributed by atoms with van der Waals surface area (Å²) in [5, 5.41) is 12.7. The van der Waals surface area contributed by atoms with Gasteiger partial charge in [0.05, 0.1) is 12.1 Å². The zero-order chi connectivity index (χ0) is 12.4. The quantitative estimate of drug-likeness (QED) is 0.821. The van der Waals surface area contributed by atoms with E-state index >= 15 is 0 Å².